The molecule has 1 aromatic carbocycles. The molecular formula is C20H25N3O3. The Morgan fingerprint density at radius 3 is 2.35 bits per heavy atom. The highest BCUT2D eigenvalue weighted by Gasteiger charge is 2.26. The van der Waals surface area contributed by atoms with Gasteiger partial charge in [-0.15, -0.1) is 0 Å². The number of rotatable bonds is 7. The highest BCUT2D eigenvalue weighted by atomic mass is 16.5. The number of nitrogens with zero attached hydrogens (tertiary/aromatic N) is 2. The van der Waals surface area contributed by atoms with E-state index in [1.807, 2.05) is 44.2 Å². The fourth-order valence-electron chi connectivity index (χ4n) is 2.36. The number of alkyl carbamates (subject to hydrolysis) is 1. The fraction of sp³-hybridized carbons (Fsp3) is 0.350. The Kier molecular flexibility index (Phi) is 7.14. The van der Waals surface area contributed by atoms with Gasteiger partial charge in [0, 0.05) is 31.9 Å². The maximum Gasteiger partial charge on any atom is 0.408 e. The van der Waals surface area contributed by atoms with E-state index in [4.69, 9.17) is 4.74 Å². The molecule has 2 aromatic rings. The minimum atomic E-state index is -0.685. The maximum absolute atomic E-state index is 12.7. The number of pyridine rings is 1. The van der Waals surface area contributed by atoms with Gasteiger partial charge in [0.25, 0.3) is 0 Å². The van der Waals surface area contributed by atoms with Crippen molar-refractivity contribution in [2.45, 2.75) is 39.0 Å². The largest absolute Gasteiger partial charge is 0.445 e. The number of hydrogen-bond donors (Lipinski definition) is 1. The summed E-state index contributed by atoms with van der Waals surface area (Å²) in [5.74, 6) is -0.148. The summed E-state index contributed by atoms with van der Waals surface area (Å²) in [5.41, 5.74) is 1.80. The molecule has 1 unspecified atom stereocenters. The number of aromatic nitrogens is 1. The summed E-state index contributed by atoms with van der Waals surface area (Å²) in [4.78, 5) is 30.5. The van der Waals surface area contributed by atoms with Gasteiger partial charge in [-0.3, -0.25) is 9.78 Å². The quantitative estimate of drug-likeness (QED) is 0.829. The molecule has 1 N–H and O–H groups in total. The summed E-state index contributed by atoms with van der Waals surface area (Å²) in [6.45, 7) is 3.99. The Morgan fingerprint density at radius 1 is 1.08 bits per heavy atom. The van der Waals surface area contributed by atoms with Gasteiger partial charge in [-0.25, -0.2) is 4.79 Å². The fourth-order valence-corrected chi connectivity index (χ4v) is 2.36. The van der Waals surface area contributed by atoms with E-state index < -0.39 is 12.1 Å². The van der Waals surface area contributed by atoms with Crippen LogP contribution in [0.15, 0.2) is 54.9 Å². The molecule has 1 aromatic heterocycles. The number of carbonyl (C=O) groups is 2. The lowest BCUT2D eigenvalue weighted by molar-refractivity contribution is -0.133. The van der Waals surface area contributed by atoms with Crippen LogP contribution in [-0.4, -0.2) is 41.0 Å². The van der Waals surface area contributed by atoms with Gasteiger partial charge < -0.3 is 15.0 Å². The zero-order chi connectivity index (χ0) is 18.9. The smallest absolute Gasteiger partial charge is 0.408 e. The van der Waals surface area contributed by atoms with Crippen LogP contribution in [-0.2, 0) is 22.6 Å². The van der Waals surface area contributed by atoms with Gasteiger partial charge in [0.1, 0.15) is 12.6 Å². The molecule has 1 heterocycles. The molecule has 2 amide bonds. The molecule has 0 saturated heterocycles. The molecule has 2 rings (SSSR count). The second-order valence-corrected chi connectivity index (χ2v) is 6.36. The van der Waals surface area contributed by atoms with Crippen LogP contribution < -0.4 is 5.32 Å². The van der Waals surface area contributed by atoms with E-state index in [1.165, 1.54) is 0 Å². The number of nitrogens with one attached hydrogen (secondary N) is 1. The Morgan fingerprint density at radius 2 is 1.73 bits per heavy atom. The summed E-state index contributed by atoms with van der Waals surface area (Å²) in [5, 5.41) is 2.70. The molecular weight excluding hydrogens is 330 g/mol. The topological polar surface area (TPSA) is 71.5 Å². The first-order valence-corrected chi connectivity index (χ1v) is 8.60. The van der Waals surface area contributed by atoms with Gasteiger partial charge in [0.15, 0.2) is 0 Å². The average Bonchev–Trinajstić information content (AvgIpc) is 2.66. The SMILES string of the molecule is CC(C)N(C)C(=O)C(Cc1ccccc1)NC(=O)OCc1ccncc1. The van der Waals surface area contributed by atoms with E-state index in [0.717, 1.165) is 11.1 Å². The van der Waals surface area contributed by atoms with Gasteiger partial charge in [0.2, 0.25) is 5.91 Å². The Labute approximate surface area is 154 Å². The third-order valence-corrected chi connectivity index (χ3v) is 4.11. The lowest BCUT2D eigenvalue weighted by Crippen LogP contribution is -2.50. The number of hydrogen-bond acceptors (Lipinski definition) is 4. The third kappa shape index (κ3) is 5.88. The summed E-state index contributed by atoms with van der Waals surface area (Å²) >= 11 is 0. The molecule has 26 heavy (non-hydrogen) atoms. The summed E-state index contributed by atoms with van der Waals surface area (Å²) < 4.78 is 5.24. The lowest BCUT2D eigenvalue weighted by atomic mass is 10.0. The molecule has 138 valence electrons. The molecule has 0 fully saturated rings. The van der Waals surface area contributed by atoms with Crippen LogP contribution in [0.5, 0.6) is 0 Å². The molecule has 6 nitrogen and oxygen atoms in total. The number of benzene rings is 1. The van der Waals surface area contributed by atoms with E-state index in [2.05, 4.69) is 10.3 Å². The standard InChI is InChI=1S/C20H25N3O3/c1-15(2)23(3)19(24)18(13-16-7-5-4-6-8-16)22-20(25)26-14-17-9-11-21-12-10-17/h4-12,15,18H,13-14H2,1-3H3,(H,22,25). The van der Waals surface area contributed by atoms with Crippen molar-refractivity contribution in [3.8, 4) is 0 Å². The van der Waals surface area contributed by atoms with Gasteiger partial charge in [-0.05, 0) is 37.1 Å². The van der Waals surface area contributed by atoms with Gasteiger partial charge in [-0.2, -0.15) is 0 Å². The van der Waals surface area contributed by atoms with Crippen LogP contribution in [0.4, 0.5) is 4.79 Å². The molecule has 0 radical (unpaired) electrons. The molecule has 0 spiro atoms. The van der Waals surface area contributed by atoms with Crippen molar-refractivity contribution in [2.24, 2.45) is 0 Å². The summed E-state index contributed by atoms with van der Waals surface area (Å²) in [6, 6.07) is 12.5. The first-order valence-electron chi connectivity index (χ1n) is 8.60. The van der Waals surface area contributed by atoms with E-state index in [1.54, 1.807) is 36.5 Å². The zero-order valence-electron chi connectivity index (χ0n) is 15.4. The predicted octanol–water partition coefficient (Wildman–Crippen LogP) is 2.79. The first-order chi connectivity index (χ1) is 12.5. The average molecular weight is 355 g/mol. The maximum atomic E-state index is 12.7. The Hall–Kier alpha value is -2.89. The van der Waals surface area contributed by atoms with E-state index in [0.29, 0.717) is 6.42 Å². The van der Waals surface area contributed by atoms with Crippen molar-refractivity contribution in [3.05, 3.63) is 66.0 Å². The molecule has 0 aliphatic heterocycles. The number of carbonyl (C=O) groups excluding carboxylic acids is 2. The lowest BCUT2D eigenvalue weighted by Gasteiger charge is -2.27. The Balaban J connectivity index is 2.02. The second-order valence-electron chi connectivity index (χ2n) is 6.36. The predicted molar refractivity (Wildman–Crippen MR) is 99.4 cm³/mol. The van der Waals surface area contributed by atoms with Crippen LogP contribution in [0.2, 0.25) is 0 Å². The summed E-state index contributed by atoms with van der Waals surface area (Å²) in [6.07, 6.45) is 3.06. The molecule has 0 aliphatic carbocycles. The normalized spacial score (nSPS) is 11.7. The van der Waals surface area contributed by atoms with Crippen LogP contribution >= 0.6 is 0 Å². The molecule has 0 saturated carbocycles. The van der Waals surface area contributed by atoms with Crippen LogP contribution in [0.25, 0.3) is 0 Å². The first kappa shape index (κ1) is 19.4. The molecule has 6 heteroatoms. The Bertz CT molecular complexity index is 705. The molecule has 1 atom stereocenters. The van der Waals surface area contributed by atoms with Crippen molar-refractivity contribution >= 4 is 12.0 Å². The van der Waals surface area contributed by atoms with Crippen molar-refractivity contribution in [2.75, 3.05) is 7.05 Å². The van der Waals surface area contributed by atoms with E-state index in [9.17, 15) is 9.59 Å². The van der Waals surface area contributed by atoms with Crippen LogP contribution in [0.3, 0.4) is 0 Å². The molecule has 0 bridgehead atoms. The van der Waals surface area contributed by atoms with Gasteiger partial charge in [-0.1, -0.05) is 30.3 Å². The monoisotopic (exact) mass is 355 g/mol. The van der Waals surface area contributed by atoms with E-state index >= 15 is 0 Å². The molecule has 0 aliphatic rings. The van der Waals surface area contributed by atoms with E-state index in [-0.39, 0.29) is 18.6 Å². The summed E-state index contributed by atoms with van der Waals surface area (Å²) in [7, 11) is 1.73. The highest BCUT2D eigenvalue weighted by Crippen LogP contribution is 2.08. The van der Waals surface area contributed by atoms with Crippen molar-refractivity contribution in [1.29, 1.82) is 0 Å². The number of amides is 2. The highest BCUT2D eigenvalue weighted by molar-refractivity contribution is 5.86. The number of likely N-dealkylation sites (N-methyl/N-ethyl adjacent to an activating group) is 1. The van der Waals surface area contributed by atoms with Crippen molar-refractivity contribution in [3.63, 3.8) is 0 Å². The minimum Gasteiger partial charge on any atom is -0.445 e. The minimum absolute atomic E-state index is 0.0374. The third-order valence-electron chi connectivity index (χ3n) is 4.11. The van der Waals surface area contributed by atoms with Crippen molar-refractivity contribution < 1.29 is 14.3 Å². The second kappa shape index (κ2) is 9.56. The van der Waals surface area contributed by atoms with Crippen LogP contribution in [0, 0.1) is 0 Å². The van der Waals surface area contributed by atoms with Crippen molar-refractivity contribution in [1.82, 2.24) is 15.2 Å². The zero-order valence-corrected chi connectivity index (χ0v) is 15.4. The van der Waals surface area contributed by atoms with Gasteiger partial charge in [0.05, 0.1) is 0 Å². The van der Waals surface area contributed by atoms with Gasteiger partial charge >= 0.3 is 6.09 Å². The number of ether oxygens (including phenoxy) is 1. The van der Waals surface area contributed by atoms with Crippen LogP contribution in [0.1, 0.15) is 25.0 Å².